The molecular weight excluding hydrogens is 324 g/mol. The van der Waals surface area contributed by atoms with Gasteiger partial charge in [-0.25, -0.2) is 4.98 Å². The number of nitrogens with zero attached hydrogens (tertiary/aromatic N) is 1. The first-order valence-corrected chi connectivity index (χ1v) is 8.32. The van der Waals surface area contributed by atoms with Gasteiger partial charge in [0.15, 0.2) is 16.5 Å². The number of amides is 1. The van der Waals surface area contributed by atoms with Crippen molar-refractivity contribution in [2.45, 2.75) is 13.0 Å². The van der Waals surface area contributed by atoms with Crippen molar-refractivity contribution in [1.29, 1.82) is 0 Å². The summed E-state index contributed by atoms with van der Waals surface area (Å²) >= 11 is 1.54. The molecule has 0 radical (unpaired) electrons. The maximum atomic E-state index is 12.3. The number of benzene rings is 1. The Balaban J connectivity index is 1.54. The molecule has 3 aromatic heterocycles. The van der Waals surface area contributed by atoms with Crippen LogP contribution in [0.1, 0.15) is 29.3 Å². The number of carbonyl (C=O) groups excluding carboxylic acids is 1. The van der Waals surface area contributed by atoms with Gasteiger partial charge in [0.05, 0.1) is 22.5 Å². The van der Waals surface area contributed by atoms with Crippen molar-refractivity contribution in [3.8, 4) is 10.8 Å². The molecule has 0 spiro atoms. The summed E-state index contributed by atoms with van der Waals surface area (Å²) in [6, 6.07) is 14.7. The standard InChI is InChI=1S/C18H14N2O3S/c1-11(13-6-4-10-22-13)19-17(21)14-8-9-15(23-14)18-20-12-5-2-3-7-16(12)24-18/h2-11H,1H3,(H,19,21)/t11-/m0/s1. The molecule has 1 aromatic carbocycles. The lowest BCUT2D eigenvalue weighted by atomic mass is 10.2. The zero-order valence-corrected chi connectivity index (χ0v) is 13.7. The van der Waals surface area contributed by atoms with Crippen molar-refractivity contribution in [2.24, 2.45) is 0 Å². The Morgan fingerprint density at radius 2 is 2.04 bits per heavy atom. The van der Waals surface area contributed by atoms with Crippen molar-refractivity contribution in [3.05, 3.63) is 66.3 Å². The molecule has 0 aliphatic carbocycles. The second kappa shape index (κ2) is 5.98. The van der Waals surface area contributed by atoms with Crippen LogP contribution >= 0.6 is 11.3 Å². The highest BCUT2D eigenvalue weighted by atomic mass is 32.1. The van der Waals surface area contributed by atoms with Crippen LogP contribution in [-0.2, 0) is 0 Å². The zero-order chi connectivity index (χ0) is 16.5. The van der Waals surface area contributed by atoms with Crippen LogP contribution in [0.4, 0.5) is 0 Å². The number of hydrogen-bond acceptors (Lipinski definition) is 5. The third-order valence-corrected chi connectivity index (χ3v) is 4.70. The number of thiazole rings is 1. The molecule has 5 nitrogen and oxygen atoms in total. The van der Waals surface area contributed by atoms with E-state index < -0.39 is 0 Å². The molecule has 0 bridgehead atoms. The van der Waals surface area contributed by atoms with Crippen molar-refractivity contribution < 1.29 is 13.6 Å². The number of furan rings is 2. The smallest absolute Gasteiger partial charge is 0.287 e. The molecule has 0 aliphatic rings. The molecule has 120 valence electrons. The van der Waals surface area contributed by atoms with Crippen LogP contribution in [0.15, 0.2) is 63.6 Å². The van der Waals surface area contributed by atoms with E-state index in [1.807, 2.05) is 37.3 Å². The Morgan fingerprint density at radius 1 is 1.17 bits per heavy atom. The van der Waals surface area contributed by atoms with E-state index >= 15 is 0 Å². The van der Waals surface area contributed by atoms with Gasteiger partial charge in [0.1, 0.15) is 5.76 Å². The number of fused-ring (bicyclic) bond motifs is 1. The Morgan fingerprint density at radius 3 is 2.83 bits per heavy atom. The fraction of sp³-hybridized carbons (Fsp3) is 0.111. The van der Waals surface area contributed by atoms with Gasteiger partial charge >= 0.3 is 0 Å². The second-order valence-corrected chi connectivity index (χ2v) is 6.39. The van der Waals surface area contributed by atoms with Gasteiger partial charge < -0.3 is 14.2 Å². The van der Waals surface area contributed by atoms with Crippen LogP contribution in [0, 0.1) is 0 Å². The monoisotopic (exact) mass is 338 g/mol. The number of nitrogens with one attached hydrogen (secondary N) is 1. The minimum Gasteiger partial charge on any atom is -0.467 e. The summed E-state index contributed by atoms with van der Waals surface area (Å²) in [6.07, 6.45) is 1.58. The SMILES string of the molecule is C[C@H](NC(=O)c1ccc(-c2nc3ccccc3s2)o1)c1ccco1. The van der Waals surface area contributed by atoms with Crippen molar-refractivity contribution >= 4 is 27.5 Å². The maximum Gasteiger partial charge on any atom is 0.287 e. The maximum absolute atomic E-state index is 12.3. The number of hydrogen-bond donors (Lipinski definition) is 1. The van der Waals surface area contributed by atoms with Crippen LogP contribution in [0.3, 0.4) is 0 Å². The minimum absolute atomic E-state index is 0.233. The van der Waals surface area contributed by atoms with Crippen LogP contribution in [0.25, 0.3) is 21.0 Å². The highest BCUT2D eigenvalue weighted by Crippen LogP contribution is 2.31. The summed E-state index contributed by atoms with van der Waals surface area (Å²) in [6.45, 7) is 1.86. The van der Waals surface area contributed by atoms with Crippen molar-refractivity contribution in [3.63, 3.8) is 0 Å². The molecule has 6 heteroatoms. The number of aromatic nitrogens is 1. The van der Waals surface area contributed by atoms with Gasteiger partial charge in [0, 0.05) is 0 Å². The molecule has 0 unspecified atom stereocenters. The largest absolute Gasteiger partial charge is 0.467 e. The highest BCUT2D eigenvalue weighted by molar-refractivity contribution is 7.21. The van der Waals surface area contributed by atoms with E-state index in [1.54, 1.807) is 24.5 Å². The van der Waals surface area contributed by atoms with Crippen LogP contribution < -0.4 is 5.32 Å². The molecule has 4 aromatic rings. The molecule has 0 saturated heterocycles. The van der Waals surface area contributed by atoms with Gasteiger partial charge in [0.2, 0.25) is 0 Å². The summed E-state index contributed by atoms with van der Waals surface area (Å²) in [5.41, 5.74) is 0.923. The van der Waals surface area contributed by atoms with E-state index in [4.69, 9.17) is 8.83 Å². The first-order valence-electron chi connectivity index (χ1n) is 7.51. The minimum atomic E-state index is -0.286. The van der Waals surface area contributed by atoms with E-state index in [-0.39, 0.29) is 17.7 Å². The molecule has 24 heavy (non-hydrogen) atoms. The Kier molecular flexibility index (Phi) is 3.66. The molecule has 0 saturated carbocycles. The lowest BCUT2D eigenvalue weighted by molar-refractivity contribution is 0.0908. The third-order valence-electron chi connectivity index (χ3n) is 3.65. The summed E-state index contributed by atoms with van der Waals surface area (Å²) < 4.78 is 12.1. The molecule has 1 amide bonds. The summed E-state index contributed by atoms with van der Waals surface area (Å²) in [5.74, 6) is 1.25. The second-order valence-electron chi connectivity index (χ2n) is 5.36. The average molecular weight is 338 g/mol. The summed E-state index contributed by atoms with van der Waals surface area (Å²) in [4.78, 5) is 16.8. The zero-order valence-electron chi connectivity index (χ0n) is 12.9. The fourth-order valence-corrected chi connectivity index (χ4v) is 3.36. The van der Waals surface area contributed by atoms with Gasteiger partial charge in [-0.1, -0.05) is 12.1 Å². The molecule has 4 rings (SSSR count). The fourth-order valence-electron chi connectivity index (χ4n) is 2.43. The molecule has 0 aliphatic heterocycles. The first-order chi connectivity index (χ1) is 11.7. The first kappa shape index (κ1) is 14.7. The topological polar surface area (TPSA) is 68.3 Å². The lowest BCUT2D eigenvalue weighted by Gasteiger charge is -2.09. The van der Waals surface area contributed by atoms with Crippen LogP contribution in [0.2, 0.25) is 0 Å². The van der Waals surface area contributed by atoms with Gasteiger partial charge in [-0.3, -0.25) is 4.79 Å². The van der Waals surface area contributed by atoms with Gasteiger partial charge in [-0.15, -0.1) is 11.3 Å². The Labute approximate surface area is 141 Å². The van der Waals surface area contributed by atoms with E-state index in [1.165, 1.54) is 11.3 Å². The van der Waals surface area contributed by atoms with E-state index in [2.05, 4.69) is 10.3 Å². The predicted octanol–water partition coefficient (Wildman–Crippen LogP) is 4.64. The Hall–Kier alpha value is -2.86. The highest BCUT2D eigenvalue weighted by Gasteiger charge is 2.18. The summed E-state index contributed by atoms with van der Waals surface area (Å²) in [7, 11) is 0. The van der Waals surface area contributed by atoms with Crippen LogP contribution in [0.5, 0.6) is 0 Å². The molecular formula is C18H14N2O3S. The molecule has 1 atom stereocenters. The third kappa shape index (κ3) is 2.72. The molecule has 1 N–H and O–H groups in total. The average Bonchev–Trinajstić information content (AvgIpc) is 3.32. The van der Waals surface area contributed by atoms with Gasteiger partial charge in [0.25, 0.3) is 5.91 Å². The summed E-state index contributed by atoms with van der Waals surface area (Å²) in [5, 5.41) is 3.61. The molecule has 0 fully saturated rings. The number of para-hydroxylation sites is 1. The number of rotatable bonds is 4. The van der Waals surface area contributed by atoms with Gasteiger partial charge in [-0.05, 0) is 43.3 Å². The predicted molar refractivity (Wildman–Crippen MR) is 91.9 cm³/mol. The molecule has 3 heterocycles. The number of carbonyl (C=O) groups is 1. The quantitative estimate of drug-likeness (QED) is 0.588. The van der Waals surface area contributed by atoms with E-state index in [0.29, 0.717) is 11.5 Å². The van der Waals surface area contributed by atoms with E-state index in [0.717, 1.165) is 15.2 Å². The lowest BCUT2D eigenvalue weighted by Crippen LogP contribution is -2.25. The van der Waals surface area contributed by atoms with Gasteiger partial charge in [-0.2, -0.15) is 0 Å². The Bertz CT molecular complexity index is 952. The van der Waals surface area contributed by atoms with Crippen molar-refractivity contribution in [1.82, 2.24) is 10.3 Å². The van der Waals surface area contributed by atoms with E-state index in [9.17, 15) is 4.79 Å². The van der Waals surface area contributed by atoms with Crippen LogP contribution in [-0.4, -0.2) is 10.9 Å². The van der Waals surface area contributed by atoms with Crippen molar-refractivity contribution in [2.75, 3.05) is 0 Å². The normalized spacial score (nSPS) is 12.4.